The molecule has 2 rings (SSSR count). The highest BCUT2D eigenvalue weighted by Gasteiger charge is 2.17. The highest BCUT2D eigenvalue weighted by atomic mass is 35.5. The van der Waals surface area contributed by atoms with E-state index < -0.39 is 0 Å². The van der Waals surface area contributed by atoms with E-state index in [1.54, 1.807) is 17.1 Å². The Morgan fingerprint density at radius 2 is 2.09 bits per heavy atom. The van der Waals surface area contributed by atoms with Gasteiger partial charge in [0.25, 0.3) is 5.91 Å². The molecule has 0 fully saturated rings. The third-order valence-electron chi connectivity index (χ3n) is 3.38. The van der Waals surface area contributed by atoms with Gasteiger partial charge >= 0.3 is 0 Å². The predicted molar refractivity (Wildman–Crippen MR) is 96.1 cm³/mol. The van der Waals surface area contributed by atoms with Gasteiger partial charge in [0.15, 0.2) is 5.82 Å². The van der Waals surface area contributed by atoms with E-state index in [0.29, 0.717) is 18.5 Å². The predicted octanol–water partition coefficient (Wildman–Crippen LogP) is 2.01. The van der Waals surface area contributed by atoms with Crippen LogP contribution in [0.2, 0.25) is 0 Å². The molecule has 6 nitrogen and oxygen atoms in total. The van der Waals surface area contributed by atoms with Crippen LogP contribution in [-0.4, -0.2) is 40.3 Å². The number of hydrogen-bond acceptors (Lipinski definition) is 4. The summed E-state index contributed by atoms with van der Waals surface area (Å²) in [6.45, 7) is 4.59. The Morgan fingerprint density at radius 1 is 1.35 bits per heavy atom. The Kier molecular flexibility index (Phi) is 9.48. The van der Waals surface area contributed by atoms with Crippen LogP contribution in [0.15, 0.2) is 30.6 Å². The number of amides is 1. The molecule has 0 radical (unpaired) electrons. The third-order valence-corrected chi connectivity index (χ3v) is 3.38. The molecule has 0 aromatic carbocycles. The van der Waals surface area contributed by atoms with Gasteiger partial charge in [0.2, 0.25) is 0 Å². The number of pyridine rings is 1. The fourth-order valence-corrected chi connectivity index (χ4v) is 2.02. The minimum Gasteiger partial charge on any atom is -0.350 e. The summed E-state index contributed by atoms with van der Waals surface area (Å²) in [6, 6.07) is 5.85. The molecule has 23 heavy (non-hydrogen) atoms. The first-order valence-corrected chi connectivity index (χ1v) is 7.11. The summed E-state index contributed by atoms with van der Waals surface area (Å²) in [6.07, 6.45) is 4.03. The van der Waals surface area contributed by atoms with Crippen molar-refractivity contribution < 1.29 is 4.79 Å². The molecular formula is C15H23Cl2N5O. The lowest BCUT2D eigenvalue weighted by molar-refractivity contribution is 0.0949. The van der Waals surface area contributed by atoms with Crippen LogP contribution >= 0.6 is 24.8 Å². The van der Waals surface area contributed by atoms with Crippen LogP contribution in [0, 0.1) is 0 Å². The summed E-state index contributed by atoms with van der Waals surface area (Å²) in [7, 11) is 1.87. The minimum absolute atomic E-state index is 0. The second-order valence-corrected chi connectivity index (χ2v) is 4.86. The largest absolute Gasteiger partial charge is 0.350 e. The topological polar surface area (TPSA) is 71.8 Å². The molecule has 0 aliphatic heterocycles. The van der Waals surface area contributed by atoms with Crippen LogP contribution in [0.1, 0.15) is 29.9 Å². The Bertz CT molecular complexity index is 603. The molecule has 0 bridgehead atoms. The van der Waals surface area contributed by atoms with E-state index in [-0.39, 0.29) is 36.8 Å². The molecule has 1 amide bonds. The molecule has 8 heteroatoms. The van der Waals surface area contributed by atoms with Gasteiger partial charge in [-0.1, -0.05) is 13.0 Å². The van der Waals surface area contributed by atoms with Gasteiger partial charge in [0.1, 0.15) is 0 Å². The van der Waals surface area contributed by atoms with E-state index in [9.17, 15) is 4.79 Å². The zero-order valence-corrected chi connectivity index (χ0v) is 15.1. The van der Waals surface area contributed by atoms with Crippen molar-refractivity contribution in [3.63, 3.8) is 0 Å². The fraction of sp³-hybridized carbons (Fsp3) is 0.400. The maximum Gasteiger partial charge on any atom is 0.254 e. The standard InChI is InChI=1S/C15H21N5O.2ClH/c1-4-13-12(15(21)18-9-11(2)16-3)10-19-20(13)14-7-5-6-8-17-14;;/h5-8,10-11,16H,4,9H2,1-3H3,(H,18,21);2*1H. The number of carbonyl (C=O) groups excluding carboxylic acids is 1. The number of aromatic nitrogens is 3. The lowest BCUT2D eigenvalue weighted by atomic mass is 10.2. The number of nitrogens with zero attached hydrogens (tertiary/aromatic N) is 3. The van der Waals surface area contributed by atoms with E-state index >= 15 is 0 Å². The van der Waals surface area contributed by atoms with E-state index in [4.69, 9.17) is 0 Å². The summed E-state index contributed by atoms with van der Waals surface area (Å²) in [4.78, 5) is 16.6. The van der Waals surface area contributed by atoms with Gasteiger partial charge in [-0.2, -0.15) is 5.10 Å². The third kappa shape index (κ3) is 5.20. The van der Waals surface area contributed by atoms with E-state index in [2.05, 4.69) is 20.7 Å². The molecular weight excluding hydrogens is 337 g/mol. The van der Waals surface area contributed by atoms with Crippen molar-refractivity contribution in [3.05, 3.63) is 41.9 Å². The van der Waals surface area contributed by atoms with Crippen molar-refractivity contribution in [1.29, 1.82) is 0 Å². The molecule has 128 valence electrons. The Balaban J connectivity index is 0.00000242. The molecule has 0 spiro atoms. The van der Waals surface area contributed by atoms with Crippen LogP contribution < -0.4 is 10.6 Å². The summed E-state index contributed by atoms with van der Waals surface area (Å²) < 4.78 is 1.72. The van der Waals surface area contributed by atoms with Gasteiger partial charge in [-0.3, -0.25) is 4.79 Å². The van der Waals surface area contributed by atoms with Crippen molar-refractivity contribution in [3.8, 4) is 5.82 Å². The van der Waals surface area contributed by atoms with Gasteiger partial charge in [0.05, 0.1) is 17.5 Å². The molecule has 2 heterocycles. The summed E-state index contributed by atoms with van der Waals surface area (Å²) >= 11 is 0. The summed E-state index contributed by atoms with van der Waals surface area (Å²) in [5.41, 5.74) is 1.47. The summed E-state index contributed by atoms with van der Waals surface area (Å²) in [5, 5.41) is 10.3. The van der Waals surface area contributed by atoms with Gasteiger partial charge in [0, 0.05) is 18.8 Å². The van der Waals surface area contributed by atoms with Crippen LogP contribution in [0.5, 0.6) is 0 Å². The Morgan fingerprint density at radius 3 is 2.65 bits per heavy atom. The molecule has 0 saturated heterocycles. The molecule has 2 aromatic heterocycles. The number of rotatable bonds is 6. The number of likely N-dealkylation sites (N-methyl/N-ethyl adjacent to an activating group) is 1. The maximum absolute atomic E-state index is 12.3. The van der Waals surface area contributed by atoms with Crippen LogP contribution in [0.25, 0.3) is 5.82 Å². The lowest BCUT2D eigenvalue weighted by Gasteiger charge is -2.11. The smallest absolute Gasteiger partial charge is 0.254 e. The van der Waals surface area contributed by atoms with Crippen LogP contribution in [0.4, 0.5) is 0 Å². The number of nitrogens with one attached hydrogen (secondary N) is 2. The monoisotopic (exact) mass is 359 g/mol. The van der Waals surface area contributed by atoms with Crippen LogP contribution in [0.3, 0.4) is 0 Å². The van der Waals surface area contributed by atoms with Gasteiger partial charge < -0.3 is 10.6 Å². The molecule has 1 atom stereocenters. The summed E-state index contributed by atoms with van der Waals surface area (Å²) in [5.74, 6) is 0.619. The molecule has 2 N–H and O–H groups in total. The van der Waals surface area contributed by atoms with Gasteiger partial charge in [-0.25, -0.2) is 9.67 Å². The minimum atomic E-state index is -0.101. The quantitative estimate of drug-likeness (QED) is 0.827. The first kappa shape index (κ1) is 21.4. The highest BCUT2D eigenvalue weighted by molar-refractivity contribution is 5.95. The van der Waals surface area contributed by atoms with Crippen molar-refractivity contribution in [2.45, 2.75) is 26.3 Å². The molecule has 0 aliphatic rings. The fourth-order valence-electron chi connectivity index (χ4n) is 2.02. The van der Waals surface area contributed by atoms with Gasteiger partial charge in [-0.05, 0) is 32.5 Å². The first-order valence-electron chi connectivity index (χ1n) is 7.11. The Labute approximate surface area is 148 Å². The molecule has 0 saturated carbocycles. The SMILES string of the molecule is CCc1c(C(=O)NCC(C)NC)cnn1-c1ccccn1.Cl.Cl. The Hall–Kier alpha value is -1.63. The normalized spacial score (nSPS) is 11.1. The highest BCUT2D eigenvalue weighted by Crippen LogP contribution is 2.14. The van der Waals surface area contributed by atoms with Gasteiger partial charge in [-0.15, -0.1) is 24.8 Å². The first-order chi connectivity index (χ1) is 10.2. The van der Waals surface area contributed by atoms with Crippen molar-refractivity contribution >= 4 is 30.7 Å². The van der Waals surface area contributed by atoms with Crippen molar-refractivity contribution in [2.24, 2.45) is 0 Å². The average Bonchev–Trinajstić information content (AvgIpc) is 2.97. The number of carbonyl (C=O) groups is 1. The van der Waals surface area contributed by atoms with E-state index in [1.807, 2.05) is 39.1 Å². The molecule has 0 aliphatic carbocycles. The second-order valence-electron chi connectivity index (χ2n) is 4.86. The van der Waals surface area contributed by atoms with Crippen molar-refractivity contribution in [1.82, 2.24) is 25.4 Å². The van der Waals surface area contributed by atoms with Crippen molar-refractivity contribution in [2.75, 3.05) is 13.6 Å². The molecule has 2 aromatic rings. The maximum atomic E-state index is 12.3. The van der Waals surface area contributed by atoms with E-state index in [0.717, 1.165) is 11.5 Å². The van der Waals surface area contributed by atoms with E-state index in [1.165, 1.54) is 0 Å². The van der Waals surface area contributed by atoms with Crippen LogP contribution in [-0.2, 0) is 6.42 Å². The number of hydrogen-bond donors (Lipinski definition) is 2. The molecule has 1 unspecified atom stereocenters. The zero-order valence-electron chi connectivity index (χ0n) is 13.4. The zero-order chi connectivity index (χ0) is 15.2. The number of halogens is 2. The average molecular weight is 360 g/mol. The second kappa shape index (κ2) is 10.2. The lowest BCUT2D eigenvalue weighted by Crippen LogP contribution is -2.37.